The average molecular weight is 503 g/mol. The fraction of sp³-hybridized carbons (Fsp3) is 0.478. The molecule has 2 aliphatic rings. The number of H-pyrrole nitrogens is 1. The van der Waals surface area contributed by atoms with Crippen LogP contribution in [0.5, 0.6) is 0 Å². The summed E-state index contributed by atoms with van der Waals surface area (Å²) in [6.45, 7) is 4.24. The van der Waals surface area contributed by atoms with Gasteiger partial charge in [-0.25, -0.2) is 14.8 Å². The Hall–Kier alpha value is -2.69. The van der Waals surface area contributed by atoms with Gasteiger partial charge in [0.1, 0.15) is 0 Å². The molecule has 11 heteroatoms. The lowest BCUT2D eigenvalue weighted by Crippen LogP contribution is -2.60. The molecule has 0 bridgehead atoms. The largest absolute Gasteiger partial charge is 0.478 e. The number of carboxylic acids is 1. The van der Waals surface area contributed by atoms with Crippen LogP contribution in [0.25, 0.3) is 10.2 Å². The molecule has 180 valence electrons. The number of carbonyl (C=O) groups is 2. The summed E-state index contributed by atoms with van der Waals surface area (Å²) in [4.78, 5) is 38.6. The number of aromatic amines is 1. The molecule has 34 heavy (non-hydrogen) atoms. The molecular formula is C23H27ClN6O3S. The molecule has 3 aromatic rings. The Labute approximate surface area is 205 Å². The van der Waals surface area contributed by atoms with E-state index < -0.39 is 5.97 Å². The first-order valence-electron chi connectivity index (χ1n) is 11.6. The third-order valence-corrected chi connectivity index (χ3v) is 7.97. The van der Waals surface area contributed by atoms with Gasteiger partial charge in [0, 0.05) is 25.2 Å². The standard InChI is InChI=1S/C23H27ClN6O3S/c1-2-14-19(24)29-20(26-14)21(31)27-15-8-9-30(11-17(15)25-10-12-6-7-12)23-28-16-5-3-4-13(22(32)33)18(16)34-23/h3-5,12,15,17,25H,2,6-11H2,1H3,(H,26,29)(H,27,31)(H,32,33)/t15-,17+/m1/s1. The summed E-state index contributed by atoms with van der Waals surface area (Å²) in [6, 6.07) is 5.14. The highest BCUT2D eigenvalue weighted by Gasteiger charge is 2.34. The van der Waals surface area contributed by atoms with Crippen molar-refractivity contribution >= 4 is 50.2 Å². The van der Waals surface area contributed by atoms with Crippen LogP contribution < -0.4 is 15.5 Å². The molecule has 0 spiro atoms. The fourth-order valence-electron chi connectivity index (χ4n) is 4.35. The first-order valence-corrected chi connectivity index (χ1v) is 12.8. The number of piperidine rings is 1. The molecule has 1 saturated heterocycles. The molecule has 1 aliphatic carbocycles. The first-order chi connectivity index (χ1) is 16.4. The molecule has 4 N–H and O–H groups in total. The Morgan fingerprint density at radius 3 is 2.79 bits per heavy atom. The number of hydrogen-bond donors (Lipinski definition) is 4. The molecule has 3 heterocycles. The van der Waals surface area contributed by atoms with Gasteiger partial charge in [-0.2, -0.15) is 0 Å². The van der Waals surface area contributed by atoms with Crippen LogP contribution in [0.15, 0.2) is 18.2 Å². The van der Waals surface area contributed by atoms with Crippen LogP contribution in [0, 0.1) is 5.92 Å². The van der Waals surface area contributed by atoms with Gasteiger partial charge in [-0.3, -0.25) is 4.79 Å². The number of halogens is 1. The Kier molecular flexibility index (Phi) is 6.46. The molecule has 2 aromatic heterocycles. The number of carboxylic acid groups (broad SMARTS) is 1. The van der Waals surface area contributed by atoms with Gasteiger partial charge in [0.25, 0.3) is 5.91 Å². The number of aromatic carboxylic acids is 1. The van der Waals surface area contributed by atoms with E-state index in [0.29, 0.717) is 40.8 Å². The Morgan fingerprint density at radius 2 is 2.09 bits per heavy atom. The molecule has 0 unspecified atom stereocenters. The van der Waals surface area contributed by atoms with Crippen LogP contribution in [0.2, 0.25) is 5.15 Å². The summed E-state index contributed by atoms with van der Waals surface area (Å²) in [5, 5.41) is 17.4. The van der Waals surface area contributed by atoms with Gasteiger partial charge in [-0.1, -0.05) is 35.9 Å². The number of fused-ring (bicyclic) bond motifs is 1. The van der Waals surface area contributed by atoms with Crippen molar-refractivity contribution in [1.29, 1.82) is 0 Å². The number of imidazole rings is 1. The van der Waals surface area contributed by atoms with Crippen molar-refractivity contribution in [3.8, 4) is 0 Å². The van der Waals surface area contributed by atoms with Crippen molar-refractivity contribution in [2.24, 2.45) is 5.92 Å². The van der Waals surface area contributed by atoms with Crippen LogP contribution >= 0.6 is 22.9 Å². The van der Waals surface area contributed by atoms with Crippen LogP contribution in [0.1, 0.15) is 52.9 Å². The van der Waals surface area contributed by atoms with Gasteiger partial charge < -0.3 is 25.6 Å². The lowest BCUT2D eigenvalue weighted by atomic mass is 9.99. The zero-order valence-electron chi connectivity index (χ0n) is 18.8. The van der Waals surface area contributed by atoms with E-state index in [0.717, 1.165) is 23.8 Å². The maximum absolute atomic E-state index is 12.9. The lowest BCUT2D eigenvalue weighted by molar-refractivity contribution is 0.0699. The summed E-state index contributed by atoms with van der Waals surface area (Å²) >= 11 is 7.52. The second kappa shape index (κ2) is 9.52. The summed E-state index contributed by atoms with van der Waals surface area (Å²) in [5.41, 5.74) is 1.72. The van der Waals surface area contributed by atoms with Crippen molar-refractivity contribution < 1.29 is 14.7 Å². The van der Waals surface area contributed by atoms with E-state index in [9.17, 15) is 14.7 Å². The topological polar surface area (TPSA) is 123 Å². The SMILES string of the molecule is CCc1[nH]c(C(=O)N[C@@H]2CCN(c3nc4cccc(C(=O)O)c4s3)C[C@@H]2NCC2CC2)nc1Cl. The van der Waals surface area contributed by atoms with Crippen molar-refractivity contribution in [2.75, 3.05) is 24.5 Å². The Balaban J connectivity index is 1.33. The summed E-state index contributed by atoms with van der Waals surface area (Å²) in [6.07, 6.45) is 3.88. The summed E-state index contributed by atoms with van der Waals surface area (Å²) in [5.74, 6) is -0.277. The predicted molar refractivity (Wildman–Crippen MR) is 132 cm³/mol. The second-order valence-electron chi connectivity index (χ2n) is 8.94. The first kappa shape index (κ1) is 23.1. The number of amides is 1. The third-order valence-electron chi connectivity index (χ3n) is 6.50. The van der Waals surface area contributed by atoms with Crippen molar-refractivity contribution in [1.82, 2.24) is 25.6 Å². The molecule has 2 fully saturated rings. The zero-order chi connectivity index (χ0) is 23.8. The molecule has 9 nitrogen and oxygen atoms in total. The maximum Gasteiger partial charge on any atom is 0.337 e. The molecule has 0 radical (unpaired) electrons. The fourth-order valence-corrected chi connectivity index (χ4v) is 5.72. The lowest BCUT2D eigenvalue weighted by Gasteiger charge is -2.39. The monoisotopic (exact) mass is 502 g/mol. The summed E-state index contributed by atoms with van der Waals surface area (Å²) in [7, 11) is 0. The van der Waals surface area contributed by atoms with Crippen LogP contribution in [0.3, 0.4) is 0 Å². The van der Waals surface area contributed by atoms with E-state index in [-0.39, 0.29) is 29.4 Å². The van der Waals surface area contributed by atoms with E-state index in [4.69, 9.17) is 16.6 Å². The molecule has 1 aliphatic heterocycles. The number of nitrogens with zero attached hydrogens (tertiary/aromatic N) is 3. The van der Waals surface area contributed by atoms with Gasteiger partial charge in [0.2, 0.25) is 0 Å². The number of hydrogen-bond acceptors (Lipinski definition) is 7. The molecule has 1 aromatic carbocycles. The normalized spacial score (nSPS) is 20.6. The number of thiazole rings is 1. The van der Waals surface area contributed by atoms with Gasteiger partial charge in [-0.15, -0.1) is 0 Å². The Bertz CT molecular complexity index is 1220. The minimum Gasteiger partial charge on any atom is -0.478 e. The molecular weight excluding hydrogens is 476 g/mol. The quantitative estimate of drug-likeness (QED) is 0.372. The second-order valence-corrected chi connectivity index (χ2v) is 10.3. The number of benzene rings is 1. The highest BCUT2D eigenvalue weighted by atomic mass is 35.5. The number of aryl methyl sites for hydroxylation is 1. The number of carbonyl (C=O) groups excluding carboxylic acids is 1. The van der Waals surface area contributed by atoms with Gasteiger partial charge >= 0.3 is 5.97 Å². The van der Waals surface area contributed by atoms with Crippen molar-refractivity contribution in [3.63, 3.8) is 0 Å². The minimum atomic E-state index is -0.949. The third kappa shape index (κ3) is 4.75. The van der Waals surface area contributed by atoms with E-state index in [1.165, 1.54) is 24.2 Å². The average Bonchev–Trinajstić information content (AvgIpc) is 3.42. The van der Waals surface area contributed by atoms with Crippen LogP contribution in [-0.4, -0.2) is 63.7 Å². The molecule has 5 rings (SSSR count). The van der Waals surface area contributed by atoms with Crippen LogP contribution in [0.4, 0.5) is 5.13 Å². The van der Waals surface area contributed by atoms with Crippen molar-refractivity contribution in [3.05, 3.63) is 40.4 Å². The highest BCUT2D eigenvalue weighted by Crippen LogP contribution is 2.33. The van der Waals surface area contributed by atoms with Gasteiger partial charge in [0.15, 0.2) is 16.1 Å². The molecule has 1 amide bonds. The molecule has 1 saturated carbocycles. The smallest absolute Gasteiger partial charge is 0.337 e. The number of nitrogens with one attached hydrogen (secondary N) is 3. The van der Waals surface area contributed by atoms with E-state index >= 15 is 0 Å². The van der Waals surface area contributed by atoms with Crippen LogP contribution in [-0.2, 0) is 6.42 Å². The van der Waals surface area contributed by atoms with Gasteiger partial charge in [0.05, 0.1) is 21.5 Å². The number of anilines is 1. The highest BCUT2D eigenvalue weighted by molar-refractivity contribution is 7.22. The van der Waals surface area contributed by atoms with Crippen molar-refractivity contribution in [2.45, 2.75) is 44.7 Å². The predicted octanol–water partition coefficient (Wildman–Crippen LogP) is 3.31. The summed E-state index contributed by atoms with van der Waals surface area (Å²) < 4.78 is 0.685. The number of aromatic nitrogens is 3. The van der Waals surface area contributed by atoms with E-state index in [2.05, 4.69) is 25.5 Å². The Morgan fingerprint density at radius 1 is 1.26 bits per heavy atom. The number of rotatable bonds is 8. The van der Waals surface area contributed by atoms with E-state index in [1.54, 1.807) is 12.1 Å². The minimum absolute atomic E-state index is 0.0281. The van der Waals surface area contributed by atoms with E-state index in [1.807, 2.05) is 13.0 Å². The maximum atomic E-state index is 12.9. The zero-order valence-corrected chi connectivity index (χ0v) is 20.4. The molecule has 2 atom stereocenters. The van der Waals surface area contributed by atoms with Gasteiger partial charge in [-0.05, 0) is 50.3 Å².